The molecule has 116 valence electrons. The third-order valence-corrected chi connectivity index (χ3v) is 3.81. The molecule has 1 aromatic carbocycles. The van der Waals surface area contributed by atoms with Crippen LogP contribution in [0.1, 0.15) is 17.0 Å². The minimum absolute atomic E-state index is 0.197. The summed E-state index contributed by atoms with van der Waals surface area (Å²) in [5, 5.41) is 2.92. The molecule has 1 amide bonds. The van der Waals surface area contributed by atoms with Gasteiger partial charge in [-0.25, -0.2) is 0 Å². The summed E-state index contributed by atoms with van der Waals surface area (Å²) < 4.78 is 11.0. The van der Waals surface area contributed by atoms with Gasteiger partial charge in [0.1, 0.15) is 5.75 Å². The Hall–Kier alpha value is -2.27. The van der Waals surface area contributed by atoms with Crippen LogP contribution in [-0.2, 0) is 0 Å². The van der Waals surface area contributed by atoms with Crippen molar-refractivity contribution in [1.29, 1.82) is 0 Å². The van der Waals surface area contributed by atoms with Crippen molar-refractivity contribution in [3.8, 4) is 11.7 Å². The fourth-order valence-electron chi connectivity index (χ4n) is 2.62. The predicted octanol–water partition coefficient (Wildman–Crippen LogP) is 2.75. The first kappa shape index (κ1) is 14.7. The summed E-state index contributed by atoms with van der Waals surface area (Å²) in [6, 6.07) is 12.6. The summed E-state index contributed by atoms with van der Waals surface area (Å²) in [6.07, 6.45) is 1.12. The molecule has 1 atom stereocenters. The number of hydrogen-bond acceptors (Lipinski definition) is 4. The molecular weight excluding hydrogens is 280 g/mol. The lowest BCUT2D eigenvalue weighted by Gasteiger charge is -2.10. The topological polar surface area (TPSA) is 54.7 Å². The van der Waals surface area contributed by atoms with Crippen LogP contribution in [-0.4, -0.2) is 37.5 Å². The van der Waals surface area contributed by atoms with Crippen LogP contribution in [0.2, 0.25) is 0 Å². The number of amides is 1. The van der Waals surface area contributed by atoms with Crippen molar-refractivity contribution in [3.05, 3.63) is 48.2 Å². The van der Waals surface area contributed by atoms with Gasteiger partial charge in [0.2, 0.25) is 0 Å². The summed E-state index contributed by atoms with van der Waals surface area (Å²) in [5.41, 5.74) is 0. The molecule has 0 aliphatic carbocycles. The monoisotopic (exact) mass is 300 g/mol. The van der Waals surface area contributed by atoms with Crippen LogP contribution in [0, 0.1) is 5.92 Å². The molecule has 0 bridgehead atoms. The average Bonchev–Trinajstić information content (AvgIpc) is 3.15. The molecule has 0 radical (unpaired) electrons. The maximum Gasteiger partial charge on any atom is 0.290 e. The first-order chi connectivity index (χ1) is 10.7. The Morgan fingerprint density at radius 2 is 2.14 bits per heavy atom. The summed E-state index contributed by atoms with van der Waals surface area (Å²) in [6.45, 7) is 2.80. The molecule has 3 rings (SSSR count). The van der Waals surface area contributed by atoms with Crippen molar-refractivity contribution in [3.63, 3.8) is 0 Å². The van der Waals surface area contributed by atoms with E-state index in [2.05, 4.69) is 17.3 Å². The van der Waals surface area contributed by atoms with Crippen LogP contribution < -0.4 is 10.1 Å². The van der Waals surface area contributed by atoms with E-state index in [0.717, 1.165) is 19.5 Å². The van der Waals surface area contributed by atoms with E-state index in [1.54, 1.807) is 12.1 Å². The lowest BCUT2D eigenvalue weighted by Crippen LogP contribution is -2.30. The number of furan rings is 1. The SMILES string of the molecule is CN1CC[C@@H](CNC(=O)c2ccc(Oc3ccccc3)o2)C1. The molecule has 1 saturated heterocycles. The average molecular weight is 300 g/mol. The van der Waals surface area contributed by atoms with Crippen molar-refractivity contribution in [2.24, 2.45) is 5.92 Å². The third-order valence-electron chi connectivity index (χ3n) is 3.81. The summed E-state index contributed by atoms with van der Waals surface area (Å²) >= 11 is 0. The van der Waals surface area contributed by atoms with Crippen LogP contribution in [0.3, 0.4) is 0 Å². The van der Waals surface area contributed by atoms with Gasteiger partial charge in [-0.3, -0.25) is 4.79 Å². The minimum atomic E-state index is -0.197. The van der Waals surface area contributed by atoms with Crippen molar-refractivity contribution < 1.29 is 13.9 Å². The van der Waals surface area contributed by atoms with E-state index >= 15 is 0 Å². The van der Waals surface area contributed by atoms with E-state index in [-0.39, 0.29) is 11.7 Å². The highest BCUT2D eigenvalue weighted by atomic mass is 16.6. The van der Waals surface area contributed by atoms with Gasteiger partial charge in [0.05, 0.1) is 0 Å². The Kier molecular flexibility index (Phi) is 4.44. The molecule has 5 nitrogen and oxygen atoms in total. The van der Waals surface area contributed by atoms with Crippen molar-refractivity contribution in [1.82, 2.24) is 10.2 Å². The second-order valence-corrected chi connectivity index (χ2v) is 5.66. The van der Waals surface area contributed by atoms with Gasteiger partial charge in [0.25, 0.3) is 11.9 Å². The van der Waals surface area contributed by atoms with Gasteiger partial charge in [-0.15, -0.1) is 0 Å². The second-order valence-electron chi connectivity index (χ2n) is 5.66. The zero-order valence-electron chi connectivity index (χ0n) is 12.6. The molecule has 0 spiro atoms. The highest BCUT2D eigenvalue weighted by Gasteiger charge is 2.21. The van der Waals surface area contributed by atoms with Gasteiger partial charge in [-0.2, -0.15) is 0 Å². The van der Waals surface area contributed by atoms with E-state index in [0.29, 0.717) is 24.2 Å². The van der Waals surface area contributed by atoms with Crippen LogP contribution in [0.5, 0.6) is 11.7 Å². The molecule has 0 unspecified atom stereocenters. The molecule has 1 aromatic heterocycles. The van der Waals surface area contributed by atoms with E-state index in [1.807, 2.05) is 30.3 Å². The van der Waals surface area contributed by atoms with Gasteiger partial charge < -0.3 is 19.4 Å². The molecule has 0 saturated carbocycles. The Labute approximate surface area is 129 Å². The lowest BCUT2D eigenvalue weighted by atomic mass is 10.1. The molecule has 5 heteroatoms. The van der Waals surface area contributed by atoms with E-state index in [4.69, 9.17) is 9.15 Å². The van der Waals surface area contributed by atoms with Crippen LogP contribution >= 0.6 is 0 Å². The normalized spacial score (nSPS) is 18.3. The van der Waals surface area contributed by atoms with Gasteiger partial charge >= 0.3 is 0 Å². The third kappa shape index (κ3) is 3.68. The first-order valence-corrected chi connectivity index (χ1v) is 7.50. The Morgan fingerprint density at radius 3 is 2.86 bits per heavy atom. The Morgan fingerprint density at radius 1 is 1.32 bits per heavy atom. The largest absolute Gasteiger partial charge is 0.426 e. The molecular formula is C17H20N2O3. The zero-order valence-corrected chi connectivity index (χ0v) is 12.6. The molecule has 1 aliphatic rings. The lowest BCUT2D eigenvalue weighted by molar-refractivity contribution is 0.0915. The number of para-hydroxylation sites is 1. The molecule has 1 fully saturated rings. The van der Waals surface area contributed by atoms with Crippen molar-refractivity contribution in [2.45, 2.75) is 6.42 Å². The number of hydrogen-bond donors (Lipinski definition) is 1. The van der Waals surface area contributed by atoms with Crippen LogP contribution in [0.25, 0.3) is 0 Å². The number of carbonyl (C=O) groups excluding carboxylic acids is 1. The molecule has 2 heterocycles. The van der Waals surface area contributed by atoms with Crippen LogP contribution in [0.4, 0.5) is 0 Å². The molecule has 22 heavy (non-hydrogen) atoms. The van der Waals surface area contributed by atoms with Gasteiger partial charge in [0, 0.05) is 19.2 Å². The number of nitrogens with zero attached hydrogens (tertiary/aromatic N) is 1. The first-order valence-electron chi connectivity index (χ1n) is 7.50. The molecule has 2 aromatic rings. The number of likely N-dealkylation sites (tertiary alicyclic amines) is 1. The van der Waals surface area contributed by atoms with Crippen molar-refractivity contribution >= 4 is 5.91 Å². The molecule has 1 aliphatic heterocycles. The van der Waals surface area contributed by atoms with Gasteiger partial charge in [-0.1, -0.05) is 18.2 Å². The fraction of sp³-hybridized carbons (Fsp3) is 0.353. The zero-order chi connectivity index (χ0) is 15.4. The number of nitrogens with one attached hydrogen (secondary N) is 1. The maximum atomic E-state index is 12.1. The molecule has 1 N–H and O–H groups in total. The Balaban J connectivity index is 1.53. The minimum Gasteiger partial charge on any atom is -0.426 e. The van der Waals surface area contributed by atoms with Crippen molar-refractivity contribution in [2.75, 3.05) is 26.7 Å². The fourth-order valence-corrected chi connectivity index (χ4v) is 2.62. The van der Waals surface area contributed by atoms with E-state index in [9.17, 15) is 4.79 Å². The summed E-state index contributed by atoms with van der Waals surface area (Å²) in [5.74, 6) is 1.59. The highest BCUT2D eigenvalue weighted by molar-refractivity contribution is 5.91. The second kappa shape index (κ2) is 6.66. The number of rotatable bonds is 5. The number of benzene rings is 1. The van der Waals surface area contributed by atoms with E-state index in [1.165, 1.54) is 0 Å². The number of carbonyl (C=O) groups is 1. The highest BCUT2D eigenvalue weighted by Crippen LogP contribution is 2.23. The Bertz CT molecular complexity index is 624. The quantitative estimate of drug-likeness (QED) is 0.922. The predicted molar refractivity (Wildman–Crippen MR) is 83.2 cm³/mol. The summed E-state index contributed by atoms with van der Waals surface area (Å²) in [7, 11) is 2.10. The standard InChI is InChI=1S/C17H20N2O3/c1-19-10-9-13(12-19)11-18-17(20)15-7-8-16(22-15)21-14-5-3-2-4-6-14/h2-8,13H,9-12H2,1H3,(H,18,20)/t13-/m0/s1. The summed E-state index contributed by atoms with van der Waals surface area (Å²) in [4.78, 5) is 14.3. The smallest absolute Gasteiger partial charge is 0.290 e. The maximum absolute atomic E-state index is 12.1. The van der Waals surface area contributed by atoms with E-state index < -0.39 is 0 Å². The van der Waals surface area contributed by atoms with Crippen LogP contribution in [0.15, 0.2) is 46.9 Å². The van der Waals surface area contributed by atoms with Gasteiger partial charge in [0.15, 0.2) is 5.76 Å². The van der Waals surface area contributed by atoms with Gasteiger partial charge in [-0.05, 0) is 44.1 Å². The number of ether oxygens (including phenoxy) is 1.